The van der Waals surface area contributed by atoms with Crippen LogP contribution in [-0.4, -0.2) is 9.79 Å². The third-order valence-corrected chi connectivity index (χ3v) is 1.64. The molecule has 78 valence electrons. The molecule has 0 atom stereocenters. The fourth-order valence-electron chi connectivity index (χ4n) is 0.938. The Balaban J connectivity index is 0.000000364. The van der Waals surface area contributed by atoms with E-state index < -0.39 is 8.25 Å². The smallest absolute Gasteiger partial charge is 0.134 e. The minimum atomic E-state index is -2.87. The van der Waals surface area contributed by atoms with Gasteiger partial charge in [-0.25, -0.2) is 0 Å². The Labute approximate surface area is 85.4 Å². The van der Waals surface area contributed by atoms with Crippen LogP contribution in [0.4, 0.5) is 0 Å². The minimum Gasteiger partial charge on any atom is -0.134 e. The molecule has 4 heteroatoms. The van der Waals surface area contributed by atoms with Gasteiger partial charge in [0.15, 0.2) is 0 Å². The molecule has 0 aliphatic rings. The van der Waals surface area contributed by atoms with Crippen molar-refractivity contribution in [2.24, 2.45) is 0 Å². The lowest BCUT2D eigenvalue weighted by Gasteiger charge is -2.18. The molecule has 0 aromatic heterocycles. The van der Waals surface area contributed by atoms with Gasteiger partial charge >= 0.3 is 8.25 Å². The van der Waals surface area contributed by atoms with E-state index in [-0.39, 0.29) is 0 Å². The number of rotatable bonds is 0. The second kappa shape index (κ2) is 5.86. The molecule has 0 unspecified atom stereocenters. The zero-order valence-electron chi connectivity index (χ0n) is 8.64. The predicted molar refractivity (Wildman–Crippen MR) is 57.2 cm³/mol. The molecule has 2 N–H and O–H groups in total. The van der Waals surface area contributed by atoms with E-state index in [2.05, 4.69) is 51.1 Å². The zero-order chi connectivity index (χ0) is 11.2. The Morgan fingerprint density at radius 3 is 1.64 bits per heavy atom. The van der Waals surface area contributed by atoms with Gasteiger partial charge in [-0.3, -0.25) is 0 Å². The van der Waals surface area contributed by atoms with Gasteiger partial charge in [0.05, 0.1) is 0 Å². The van der Waals surface area contributed by atoms with Crippen LogP contribution < -0.4 is 0 Å². The molecule has 0 aliphatic carbocycles. The first kappa shape index (κ1) is 13.2. The molecule has 0 bridgehead atoms. The molecule has 1 aromatic carbocycles. The SMILES string of the molecule is CC(C)(C)c1ccccc1.O=[P+](O)O. The molecular formula is C10H16O3P+. The standard InChI is InChI=1S/C10H14.HO3P/c1-10(2,3)9-7-5-4-6-8-9;1-4(2)3/h4-8H,1-3H3;(H-,1,2,3)/p+1. The molecule has 14 heavy (non-hydrogen) atoms. The molecule has 0 radical (unpaired) electrons. The topological polar surface area (TPSA) is 57.5 Å². The fourth-order valence-corrected chi connectivity index (χ4v) is 0.938. The molecule has 3 nitrogen and oxygen atoms in total. The van der Waals surface area contributed by atoms with Gasteiger partial charge in [0, 0.05) is 4.57 Å². The van der Waals surface area contributed by atoms with E-state index >= 15 is 0 Å². The Morgan fingerprint density at radius 2 is 1.43 bits per heavy atom. The van der Waals surface area contributed by atoms with Gasteiger partial charge < -0.3 is 0 Å². The molecule has 0 fully saturated rings. The first-order valence-electron chi connectivity index (χ1n) is 4.24. The second-order valence-electron chi connectivity index (χ2n) is 3.87. The average Bonchev–Trinajstić information content (AvgIpc) is 2.03. The summed E-state index contributed by atoms with van der Waals surface area (Å²) in [6.45, 7) is 6.67. The minimum absolute atomic E-state index is 0.293. The Bertz CT molecular complexity index is 273. The summed E-state index contributed by atoms with van der Waals surface area (Å²) in [5.41, 5.74) is 1.69. The van der Waals surface area contributed by atoms with Crippen molar-refractivity contribution in [1.29, 1.82) is 0 Å². The first-order valence-corrected chi connectivity index (χ1v) is 5.41. The zero-order valence-corrected chi connectivity index (χ0v) is 9.53. The number of hydrogen-bond donors (Lipinski definition) is 2. The van der Waals surface area contributed by atoms with Gasteiger partial charge in [0.2, 0.25) is 0 Å². The van der Waals surface area contributed by atoms with Crippen LogP contribution >= 0.6 is 8.25 Å². The third-order valence-electron chi connectivity index (χ3n) is 1.64. The quantitative estimate of drug-likeness (QED) is 0.654. The van der Waals surface area contributed by atoms with E-state index in [1.165, 1.54) is 5.56 Å². The highest BCUT2D eigenvalue weighted by Crippen LogP contribution is 2.20. The second-order valence-corrected chi connectivity index (χ2v) is 4.37. The van der Waals surface area contributed by atoms with E-state index in [9.17, 15) is 0 Å². The summed E-state index contributed by atoms with van der Waals surface area (Å²) in [5.74, 6) is 0. The van der Waals surface area contributed by atoms with Crippen LogP contribution in [0.2, 0.25) is 0 Å². The fraction of sp³-hybridized carbons (Fsp3) is 0.400. The van der Waals surface area contributed by atoms with Gasteiger partial charge in [-0.1, -0.05) is 51.1 Å². The van der Waals surface area contributed by atoms with E-state index in [0.29, 0.717) is 5.41 Å². The summed E-state index contributed by atoms with van der Waals surface area (Å²) >= 11 is 0. The largest absolute Gasteiger partial charge is 0.692 e. The van der Waals surface area contributed by atoms with Crippen LogP contribution in [0.1, 0.15) is 26.3 Å². The van der Waals surface area contributed by atoms with E-state index in [0.717, 1.165) is 0 Å². The molecule has 0 saturated carbocycles. The molecule has 1 rings (SSSR count). The van der Waals surface area contributed by atoms with Crippen molar-refractivity contribution >= 4 is 8.25 Å². The number of hydrogen-bond acceptors (Lipinski definition) is 1. The van der Waals surface area contributed by atoms with Gasteiger partial charge in [-0.05, 0) is 11.0 Å². The van der Waals surface area contributed by atoms with Crippen molar-refractivity contribution in [1.82, 2.24) is 0 Å². The van der Waals surface area contributed by atoms with Gasteiger partial charge in [0.25, 0.3) is 0 Å². The van der Waals surface area contributed by atoms with Crippen LogP contribution in [-0.2, 0) is 9.98 Å². The van der Waals surface area contributed by atoms with Crippen molar-refractivity contribution in [3.8, 4) is 0 Å². The third kappa shape index (κ3) is 6.72. The molecule has 1 aromatic rings. The van der Waals surface area contributed by atoms with Crippen molar-refractivity contribution in [3.05, 3.63) is 35.9 Å². The van der Waals surface area contributed by atoms with Crippen LogP contribution in [0.5, 0.6) is 0 Å². The normalized spacial score (nSPS) is 10.1. The maximum Gasteiger partial charge on any atom is 0.692 e. The van der Waals surface area contributed by atoms with E-state index in [1.807, 2.05) is 0 Å². The Kier molecular flexibility index (Phi) is 5.55. The molecule has 0 amide bonds. The molecule has 0 heterocycles. The highest BCUT2D eigenvalue weighted by Gasteiger charge is 2.11. The summed E-state index contributed by atoms with van der Waals surface area (Å²) in [4.78, 5) is 14.2. The van der Waals surface area contributed by atoms with Crippen molar-refractivity contribution < 1.29 is 14.4 Å². The Morgan fingerprint density at radius 1 is 1.07 bits per heavy atom. The lowest BCUT2D eigenvalue weighted by molar-refractivity contribution is 0.405. The number of benzene rings is 1. The van der Waals surface area contributed by atoms with Gasteiger partial charge in [-0.15, -0.1) is 9.79 Å². The summed E-state index contributed by atoms with van der Waals surface area (Å²) in [6, 6.07) is 10.6. The molecule has 0 aliphatic heterocycles. The predicted octanol–water partition coefficient (Wildman–Crippen LogP) is 2.61. The van der Waals surface area contributed by atoms with Crippen LogP contribution in [0, 0.1) is 0 Å². The highest BCUT2D eigenvalue weighted by atomic mass is 31.1. The summed E-state index contributed by atoms with van der Waals surface area (Å²) < 4.78 is 8.70. The van der Waals surface area contributed by atoms with Crippen LogP contribution in [0.15, 0.2) is 30.3 Å². The summed E-state index contributed by atoms with van der Waals surface area (Å²) in [6.07, 6.45) is 0. The van der Waals surface area contributed by atoms with Crippen LogP contribution in [0.25, 0.3) is 0 Å². The molecule has 0 saturated heterocycles. The molecular weight excluding hydrogens is 199 g/mol. The van der Waals surface area contributed by atoms with Gasteiger partial charge in [-0.2, -0.15) is 0 Å². The maximum atomic E-state index is 8.70. The Hall–Kier alpha value is -0.760. The van der Waals surface area contributed by atoms with Crippen molar-refractivity contribution in [3.63, 3.8) is 0 Å². The van der Waals surface area contributed by atoms with Crippen LogP contribution in [0.3, 0.4) is 0 Å². The van der Waals surface area contributed by atoms with Crippen molar-refractivity contribution in [2.45, 2.75) is 26.2 Å². The lowest BCUT2D eigenvalue weighted by Crippen LogP contribution is -2.10. The monoisotopic (exact) mass is 215 g/mol. The van der Waals surface area contributed by atoms with Gasteiger partial charge in [0.1, 0.15) is 0 Å². The molecule has 0 spiro atoms. The first-order chi connectivity index (χ1) is 6.34. The maximum absolute atomic E-state index is 8.70. The van der Waals surface area contributed by atoms with Crippen molar-refractivity contribution in [2.75, 3.05) is 0 Å². The summed E-state index contributed by atoms with van der Waals surface area (Å²) in [5, 5.41) is 0. The van der Waals surface area contributed by atoms with E-state index in [4.69, 9.17) is 14.4 Å². The lowest BCUT2D eigenvalue weighted by atomic mass is 9.87. The average molecular weight is 215 g/mol. The van der Waals surface area contributed by atoms with E-state index in [1.54, 1.807) is 0 Å². The summed E-state index contributed by atoms with van der Waals surface area (Å²) in [7, 11) is -2.87. The highest BCUT2D eigenvalue weighted by molar-refractivity contribution is 7.30.